The van der Waals surface area contributed by atoms with Gasteiger partial charge in [0.1, 0.15) is 5.82 Å². The minimum Gasteiger partial charge on any atom is -0.369 e. The third-order valence-electron chi connectivity index (χ3n) is 4.12. The fourth-order valence-electron chi connectivity index (χ4n) is 2.67. The Morgan fingerprint density at radius 3 is 2.17 bits per heavy atom. The number of sulfone groups is 1. The number of hydrogen-bond acceptors (Lipinski definition) is 4. The van der Waals surface area contributed by atoms with E-state index in [-0.39, 0.29) is 9.79 Å². The fourth-order valence-corrected chi connectivity index (χ4v) is 3.96. The van der Waals surface area contributed by atoms with Crippen LogP contribution in [0, 0.1) is 5.82 Å². The molecule has 0 atom stereocenters. The van der Waals surface area contributed by atoms with E-state index in [1.54, 1.807) is 12.1 Å². The lowest BCUT2D eigenvalue weighted by Gasteiger charge is -2.34. The number of halogens is 1. The molecule has 0 radical (unpaired) electrons. The summed E-state index contributed by atoms with van der Waals surface area (Å²) in [6, 6.07) is 11.9. The number of benzene rings is 2. The maximum absolute atomic E-state index is 13.3. The lowest BCUT2D eigenvalue weighted by Crippen LogP contribution is -2.44. The van der Waals surface area contributed by atoms with E-state index in [9.17, 15) is 12.8 Å². The molecule has 0 bridgehead atoms. The van der Waals surface area contributed by atoms with E-state index in [0.29, 0.717) is 0 Å². The molecule has 0 aliphatic carbocycles. The first kappa shape index (κ1) is 16.0. The maximum Gasteiger partial charge on any atom is 0.206 e. The van der Waals surface area contributed by atoms with E-state index < -0.39 is 15.7 Å². The summed E-state index contributed by atoms with van der Waals surface area (Å²) in [5.74, 6) is -0.555. The van der Waals surface area contributed by atoms with Crippen molar-refractivity contribution < 1.29 is 12.8 Å². The Bertz CT molecular complexity index is 782. The van der Waals surface area contributed by atoms with Gasteiger partial charge in [0.25, 0.3) is 0 Å². The Morgan fingerprint density at radius 1 is 0.913 bits per heavy atom. The van der Waals surface area contributed by atoms with Crippen LogP contribution in [0.5, 0.6) is 0 Å². The Morgan fingerprint density at radius 2 is 1.57 bits per heavy atom. The van der Waals surface area contributed by atoms with E-state index in [0.717, 1.165) is 37.9 Å². The van der Waals surface area contributed by atoms with Gasteiger partial charge >= 0.3 is 0 Å². The van der Waals surface area contributed by atoms with Crippen molar-refractivity contribution in [3.8, 4) is 0 Å². The van der Waals surface area contributed by atoms with Crippen LogP contribution in [0.1, 0.15) is 0 Å². The molecule has 23 heavy (non-hydrogen) atoms. The number of anilines is 1. The predicted octanol–water partition coefficient (Wildman–Crippen LogP) is 2.41. The SMILES string of the molecule is CN1CCN(c2ccc(S(=O)(=O)c3cccc(F)c3)cc2)CC1. The first-order chi connectivity index (χ1) is 11.0. The molecular formula is C17H19FN2O2S. The molecule has 0 amide bonds. The molecule has 122 valence electrons. The smallest absolute Gasteiger partial charge is 0.206 e. The molecule has 1 aliphatic heterocycles. The van der Waals surface area contributed by atoms with E-state index in [1.165, 1.54) is 18.2 Å². The van der Waals surface area contributed by atoms with Crippen LogP contribution in [0.25, 0.3) is 0 Å². The van der Waals surface area contributed by atoms with Gasteiger partial charge in [0.15, 0.2) is 0 Å². The van der Waals surface area contributed by atoms with Gasteiger partial charge in [0, 0.05) is 31.9 Å². The molecule has 0 N–H and O–H groups in total. The summed E-state index contributed by atoms with van der Waals surface area (Å²) >= 11 is 0. The highest BCUT2D eigenvalue weighted by Crippen LogP contribution is 2.24. The first-order valence-electron chi connectivity index (χ1n) is 7.51. The zero-order chi connectivity index (χ0) is 16.4. The summed E-state index contributed by atoms with van der Waals surface area (Å²) in [6.07, 6.45) is 0. The number of nitrogens with zero attached hydrogens (tertiary/aromatic N) is 2. The molecule has 0 aromatic heterocycles. The number of hydrogen-bond donors (Lipinski definition) is 0. The zero-order valence-electron chi connectivity index (χ0n) is 12.9. The number of piperazine rings is 1. The van der Waals surface area contributed by atoms with Crippen LogP contribution in [-0.2, 0) is 9.84 Å². The zero-order valence-corrected chi connectivity index (χ0v) is 13.8. The average Bonchev–Trinajstić information content (AvgIpc) is 2.56. The summed E-state index contributed by atoms with van der Waals surface area (Å²) in [7, 11) is -1.60. The second kappa shape index (κ2) is 6.29. The third-order valence-corrected chi connectivity index (χ3v) is 5.89. The third kappa shape index (κ3) is 3.38. The minimum atomic E-state index is -3.68. The van der Waals surface area contributed by atoms with Crippen LogP contribution in [0.3, 0.4) is 0 Å². The molecule has 1 heterocycles. The average molecular weight is 334 g/mol. The monoisotopic (exact) mass is 334 g/mol. The molecule has 4 nitrogen and oxygen atoms in total. The van der Waals surface area contributed by atoms with Gasteiger partial charge in [-0.2, -0.15) is 0 Å². The van der Waals surface area contributed by atoms with Crippen LogP contribution in [0.4, 0.5) is 10.1 Å². The Hall–Kier alpha value is -1.92. The molecule has 1 saturated heterocycles. The van der Waals surface area contributed by atoms with Gasteiger partial charge in [-0.25, -0.2) is 12.8 Å². The van der Waals surface area contributed by atoms with Crippen molar-refractivity contribution in [2.45, 2.75) is 9.79 Å². The minimum absolute atomic E-state index is 0.0233. The fraction of sp³-hybridized carbons (Fsp3) is 0.294. The Balaban J connectivity index is 1.84. The molecule has 0 saturated carbocycles. The molecule has 0 spiro atoms. The van der Waals surface area contributed by atoms with Crippen LogP contribution < -0.4 is 4.90 Å². The summed E-state index contributed by atoms with van der Waals surface area (Å²) in [5, 5.41) is 0. The molecule has 2 aromatic carbocycles. The summed E-state index contributed by atoms with van der Waals surface area (Å²) < 4.78 is 38.3. The highest BCUT2D eigenvalue weighted by molar-refractivity contribution is 7.91. The molecule has 6 heteroatoms. The second-order valence-corrected chi connectivity index (χ2v) is 7.69. The van der Waals surface area contributed by atoms with Crippen molar-refractivity contribution in [2.75, 3.05) is 38.1 Å². The summed E-state index contributed by atoms with van der Waals surface area (Å²) in [6.45, 7) is 3.83. The van der Waals surface area contributed by atoms with E-state index in [1.807, 2.05) is 12.1 Å². The molecule has 0 unspecified atom stereocenters. The van der Waals surface area contributed by atoms with Crippen LogP contribution in [0.2, 0.25) is 0 Å². The quantitative estimate of drug-likeness (QED) is 0.864. The van der Waals surface area contributed by atoms with Crippen molar-refractivity contribution in [3.63, 3.8) is 0 Å². The highest BCUT2D eigenvalue weighted by Gasteiger charge is 2.19. The maximum atomic E-state index is 13.3. The van der Waals surface area contributed by atoms with Gasteiger partial charge in [-0.05, 0) is 49.5 Å². The van der Waals surface area contributed by atoms with Crippen LogP contribution >= 0.6 is 0 Å². The molecule has 2 aromatic rings. The van der Waals surface area contributed by atoms with Gasteiger partial charge in [-0.1, -0.05) is 6.07 Å². The predicted molar refractivity (Wildman–Crippen MR) is 88.0 cm³/mol. The highest BCUT2D eigenvalue weighted by atomic mass is 32.2. The van der Waals surface area contributed by atoms with Crippen molar-refractivity contribution >= 4 is 15.5 Å². The van der Waals surface area contributed by atoms with E-state index >= 15 is 0 Å². The van der Waals surface area contributed by atoms with Crippen LogP contribution in [0.15, 0.2) is 58.3 Å². The normalized spacial score (nSPS) is 16.5. The standard InChI is InChI=1S/C17H19FN2O2S/c1-19-9-11-20(12-10-19)15-5-7-16(8-6-15)23(21,22)17-4-2-3-14(18)13-17/h2-8,13H,9-12H2,1H3. The lowest BCUT2D eigenvalue weighted by molar-refractivity contribution is 0.313. The van der Waals surface area contributed by atoms with Gasteiger partial charge < -0.3 is 9.80 Å². The Kier molecular flexibility index (Phi) is 4.37. The number of rotatable bonds is 3. The summed E-state index contributed by atoms with van der Waals surface area (Å²) in [4.78, 5) is 4.66. The van der Waals surface area contributed by atoms with Gasteiger partial charge in [-0.15, -0.1) is 0 Å². The van der Waals surface area contributed by atoms with Gasteiger partial charge in [-0.3, -0.25) is 0 Å². The van der Waals surface area contributed by atoms with Crippen LogP contribution in [-0.4, -0.2) is 46.5 Å². The molecule has 3 rings (SSSR count). The first-order valence-corrected chi connectivity index (χ1v) is 8.99. The number of likely N-dealkylation sites (N-methyl/N-ethyl adjacent to an activating group) is 1. The van der Waals surface area contributed by atoms with Crippen molar-refractivity contribution in [1.82, 2.24) is 4.90 Å². The molecule has 1 aliphatic rings. The second-order valence-electron chi connectivity index (χ2n) is 5.75. The topological polar surface area (TPSA) is 40.6 Å². The van der Waals surface area contributed by atoms with Crippen molar-refractivity contribution in [2.24, 2.45) is 0 Å². The lowest BCUT2D eigenvalue weighted by atomic mass is 10.2. The van der Waals surface area contributed by atoms with Crippen molar-refractivity contribution in [3.05, 3.63) is 54.3 Å². The molecule has 1 fully saturated rings. The van der Waals surface area contributed by atoms with Gasteiger partial charge in [0.05, 0.1) is 9.79 Å². The largest absolute Gasteiger partial charge is 0.369 e. The molecular weight excluding hydrogens is 315 g/mol. The summed E-state index contributed by atoms with van der Waals surface area (Å²) in [5.41, 5.74) is 1.01. The van der Waals surface area contributed by atoms with Gasteiger partial charge in [0.2, 0.25) is 9.84 Å². The Labute approximate surface area is 136 Å². The van der Waals surface area contributed by atoms with E-state index in [2.05, 4.69) is 16.8 Å². The van der Waals surface area contributed by atoms with E-state index in [4.69, 9.17) is 0 Å². The van der Waals surface area contributed by atoms with Crippen molar-refractivity contribution in [1.29, 1.82) is 0 Å².